The second-order valence-electron chi connectivity index (χ2n) is 4.88. The van der Waals surface area contributed by atoms with Crippen molar-refractivity contribution in [3.05, 3.63) is 71.8 Å². The van der Waals surface area contributed by atoms with Gasteiger partial charge in [-0.3, -0.25) is 0 Å². The van der Waals surface area contributed by atoms with E-state index in [0.29, 0.717) is 0 Å². The Morgan fingerprint density at radius 2 is 1.53 bits per heavy atom. The highest BCUT2D eigenvalue weighted by molar-refractivity contribution is 6.21. The minimum absolute atomic E-state index is 0.0574. The SMILES string of the molecule is CN(CCc1ccccc1)CC(Cl)c1ccccc1. The van der Waals surface area contributed by atoms with Crippen LogP contribution in [0.2, 0.25) is 0 Å². The van der Waals surface area contributed by atoms with Crippen molar-refractivity contribution in [2.24, 2.45) is 0 Å². The monoisotopic (exact) mass is 273 g/mol. The number of nitrogens with zero attached hydrogens (tertiary/aromatic N) is 1. The van der Waals surface area contributed by atoms with Gasteiger partial charge in [-0.25, -0.2) is 0 Å². The van der Waals surface area contributed by atoms with Crippen LogP contribution in [0.5, 0.6) is 0 Å². The summed E-state index contributed by atoms with van der Waals surface area (Å²) in [5, 5.41) is 0.0574. The molecule has 0 N–H and O–H groups in total. The number of alkyl halides is 1. The van der Waals surface area contributed by atoms with Crippen LogP contribution in [0.3, 0.4) is 0 Å². The van der Waals surface area contributed by atoms with Crippen molar-refractivity contribution in [3.8, 4) is 0 Å². The van der Waals surface area contributed by atoms with Gasteiger partial charge >= 0.3 is 0 Å². The summed E-state index contributed by atoms with van der Waals surface area (Å²) in [5.41, 5.74) is 2.57. The van der Waals surface area contributed by atoms with Gasteiger partial charge in [0.1, 0.15) is 0 Å². The number of hydrogen-bond acceptors (Lipinski definition) is 1. The van der Waals surface area contributed by atoms with Gasteiger partial charge in [-0.1, -0.05) is 60.7 Å². The lowest BCUT2D eigenvalue weighted by atomic mass is 10.1. The summed E-state index contributed by atoms with van der Waals surface area (Å²) in [6.07, 6.45) is 1.07. The third-order valence-electron chi connectivity index (χ3n) is 3.26. The summed E-state index contributed by atoms with van der Waals surface area (Å²) in [4.78, 5) is 2.29. The lowest BCUT2D eigenvalue weighted by Crippen LogP contribution is -2.25. The lowest BCUT2D eigenvalue weighted by molar-refractivity contribution is 0.338. The van der Waals surface area contributed by atoms with Gasteiger partial charge in [0.15, 0.2) is 0 Å². The zero-order chi connectivity index (χ0) is 13.5. The van der Waals surface area contributed by atoms with Crippen molar-refractivity contribution in [2.45, 2.75) is 11.8 Å². The summed E-state index contributed by atoms with van der Waals surface area (Å²) in [5.74, 6) is 0. The van der Waals surface area contributed by atoms with Gasteiger partial charge in [0.05, 0.1) is 5.38 Å². The molecule has 2 rings (SSSR count). The van der Waals surface area contributed by atoms with Crippen molar-refractivity contribution in [2.75, 3.05) is 20.1 Å². The summed E-state index contributed by atoms with van der Waals surface area (Å²) in [6.45, 7) is 1.90. The van der Waals surface area contributed by atoms with E-state index in [2.05, 4.69) is 54.4 Å². The molecule has 100 valence electrons. The molecule has 0 aliphatic heterocycles. The molecular weight excluding hydrogens is 254 g/mol. The first-order valence-electron chi connectivity index (χ1n) is 6.67. The minimum atomic E-state index is 0.0574. The van der Waals surface area contributed by atoms with Gasteiger partial charge in [0, 0.05) is 13.1 Å². The fraction of sp³-hybridized carbons (Fsp3) is 0.294. The van der Waals surface area contributed by atoms with E-state index < -0.39 is 0 Å². The van der Waals surface area contributed by atoms with E-state index in [4.69, 9.17) is 11.6 Å². The molecule has 0 aliphatic rings. The molecule has 0 aliphatic carbocycles. The van der Waals surface area contributed by atoms with Crippen molar-refractivity contribution >= 4 is 11.6 Å². The maximum absolute atomic E-state index is 6.44. The molecule has 0 saturated heterocycles. The Labute approximate surface area is 120 Å². The minimum Gasteiger partial charge on any atom is -0.304 e. The Morgan fingerprint density at radius 3 is 2.16 bits per heavy atom. The topological polar surface area (TPSA) is 3.24 Å². The molecule has 1 atom stereocenters. The molecule has 1 nitrogen and oxygen atoms in total. The van der Waals surface area contributed by atoms with E-state index in [1.165, 1.54) is 11.1 Å². The van der Waals surface area contributed by atoms with Crippen LogP contribution >= 0.6 is 11.6 Å². The molecule has 0 heterocycles. The van der Waals surface area contributed by atoms with E-state index >= 15 is 0 Å². The van der Waals surface area contributed by atoms with Gasteiger partial charge in [-0.15, -0.1) is 11.6 Å². The first-order valence-corrected chi connectivity index (χ1v) is 7.11. The maximum Gasteiger partial charge on any atom is 0.0712 e. The first-order chi connectivity index (χ1) is 9.25. The molecule has 0 radical (unpaired) electrons. The van der Waals surface area contributed by atoms with Crippen LogP contribution in [0.25, 0.3) is 0 Å². The van der Waals surface area contributed by atoms with Crippen molar-refractivity contribution in [1.29, 1.82) is 0 Å². The molecule has 2 aromatic carbocycles. The molecule has 0 fully saturated rings. The van der Waals surface area contributed by atoms with E-state index in [1.54, 1.807) is 0 Å². The van der Waals surface area contributed by atoms with Crippen molar-refractivity contribution < 1.29 is 0 Å². The molecule has 0 spiro atoms. The number of halogens is 1. The van der Waals surface area contributed by atoms with Crippen LogP contribution in [0, 0.1) is 0 Å². The third kappa shape index (κ3) is 4.70. The Morgan fingerprint density at radius 1 is 0.947 bits per heavy atom. The molecule has 0 bridgehead atoms. The van der Waals surface area contributed by atoms with Gasteiger partial charge < -0.3 is 4.90 Å². The second-order valence-corrected chi connectivity index (χ2v) is 5.40. The quantitative estimate of drug-likeness (QED) is 0.715. The maximum atomic E-state index is 6.44. The molecule has 0 saturated carbocycles. The Hall–Kier alpha value is -1.31. The van der Waals surface area contributed by atoms with Crippen LogP contribution in [0.15, 0.2) is 60.7 Å². The van der Waals surface area contributed by atoms with Crippen LogP contribution in [0.1, 0.15) is 16.5 Å². The fourth-order valence-electron chi connectivity index (χ4n) is 2.10. The summed E-state index contributed by atoms with van der Waals surface area (Å²) >= 11 is 6.44. The van der Waals surface area contributed by atoms with E-state index in [0.717, 1.165) is 19.5 Å². The zero-order valence-electron chi connectivity index (χ0n) is 11.3. The molecule has 19 heavy (non-hydrogen) atoms. The number of rotatable bonds is 6. The fourth-order valence-corrected chi connectivity index (χ4v) is 2.48. The second kappa shape index (κ2) is 7.32. The van der Waals surface area contributed by atoms with Crippen molar-refractivity contribution in [1.82, 2.24) is 4.90 Å². The van der Waals surface area contributed by atoms with Gasteiger partial charge in [-0.2, -0.15) is 0 Å². The zero-order valence-corrected chi connectivity index (χ0v) is 12.1. The van der Waals surface area contributed by atoms with Gasteiger partial charge in [0.25, 0.3) is 0 Å². The molecule has 1 unspecified atom stereocenters. The average Bonchev–Trinajstić information content (AvgIpc) is 2.47. The number of likely N-dealkylation sites (N-methyl/N-ethyl adjacent to an activating group) is 1. The Bertz CT molecular complexity index is 469. The molecule has 0 aromatic heterocycles. The highest BCUT2D eigenvalue weighted by Crippen LogP contribution is 2.20. The van der Waals surface area contributed by atoms with E-state index in [-0.39, 0.29) is 5.38 Å². The number of benzene rings is 2. The predicted molar refractivity (Wildman–Crippen MR) is 82.7 cm³/mol. The predicted octanol–water partition coefficient (Wildman–Crippen LogP) is 4.14. The third-order valence-corrected chi connectivity index (χ3v) is 3.65. The summed E-state index contributed by atoms with van der Waals surface area (Å²) in [7, 11) is 2.13. The molecular formula is C17H20ClN. The van der Waals surface area contributed by atoms with Crippen LogP contribution in [-0.4, -0.2) is 25.0 Å². The van der Waals surface area contributed by atoms with Crippen LogP contribution in [0.4, 0.5) is 0 Å². The molecule has 2 heteroatoms. The van der Waals surface area contributed by atoms with E-state index in [1.807, 2.05) is 18.2 Å². The standard InChI is InChI=1S/C17H20ClN/c1-19(13-12-15-8-4-2-5-9-15)14-17(18)16-10-6-3-7-11-16/h2-11,17H,12-14H2,1H3. The Balaban J connectivity index is 1.80. The summed E-state index contributed by atoms with van der Waals surface area (Å²) in [6, 6.07) is 20.8. The Kier molecular flexibility index (Phi) is 5.44. The first kappa shape index (κ1) is 14.1. The number of hydrogen-bond donors (Lipinski definition) is 0. The molecule has 2 aromatic rings. The average molecular weight is 274 g/mol. The highest BCUT2D eigenvalue weighted by Gasteiger charge is 2.10. The normalized spacial score (nSPS) is 12.6. The van der Waals surface area contributed by atoms with Crippen molar-refractivity contribution in [3.63, 3.8) is 0 Å². The molecule has 0 amide bonds. The lowest BCUT2D eigenvalue weighted by Gasteiger charge is -2.20. The summed E-state index contributed by atoms with van der Waals surface area (Å²) < 4.78 is 0. The highest BCUT2D eigenvalue weighted by atomic mass is 35.5. The van der Waals surface area contributed by atoms with Gasteiger partial charge in [0.2, 0.25) is 0 Å². The largest absolute Gasteiger partial charge is 0.304 e. The van der Waals surface area contributed by atoms with Crippen LogP contribution in [-0.2, 0) is 6.42 Å². The smallest absolute Gasteiger partial charge is 0.0712 e. The van der Waals surface area contributed by atoms with Crippen LogP contribution < -0.4 is 0 Å². The van der Waals surface area contributed by atoms with Gasteiger partial charge in [-0.05, 0) is 24.6 Å². The van der Waals surface area contributed by atoms with E-state index in [9.17, 15) is 0 Å².